The highest BCUT2D eigenvalue weighted by atomic mass is 79.9. The maximum absolute atomic E-state index is 6.09. The molecule has 0 unspecified atom stereocenters. The molecule has 0 spiro atoms. The summed E-state index contributed by atoms with van der Waals surface area (Å²) in [6.45, 7) is 4.83. The third kappa shape index (κ3) is 2.56. The van der Waals surface area contributed by atoms with Crippen LogP contribution in [0.1, 0.15) is 30.9 Å². The van der Waals surface area contributed by atoms with Crippen molar-refractivity contribution in [2.24, 2.45) is 0 Å². The molecule has 0 saturated heterocycles. The summed E-state index contributed by atoms with van der Waals surface area (Å²) in [6, 6.07) is 3.98. The molecule has 96 valence electrons. The molecule has 2 rings (SSSR count). The van der Waals surface area contributed by atoms with Crippen molar-refractivity contribution in [3.05, 3.63) is 39.9 Å². The molecular weight excluding hydrogens is 292 g/mol. The van der Waals surface area contributed by atoms with E-state index in [-0.39, 0.29) is 0 Å². The molecule has 0 atom stereocenters. The van der Waals surface area contributed by atoms with Gasteiger partial charge in [0.25, 0.3) is 0 Å². The number of hydrogen-bond acceptors (Lipinski definition) is 3. The first-order chi connectivity index (χ1) is 8.65. The van der Waals surface area contributed by atoms with Gasteiger partial charge in [0.2, 0.25) is 0 Å². The number of nitrogen functional groups attached to an aromatic ring is 1. The van der Waals surface area contributed by atoms with Gasteiger partial charge in [0, 0.05) is 10.7 Å². The molecule has 0 saturated carbocycles. The Hall–Kier alpha value is -1.36. The number of halogens is 1. The fraction of sp³-hybridized carbons (Fsp3) is 0.385. The lowest BCUT2D eigenvalue weighted by Gasteiger charge is -2.05. The molecule has 0 fully saturated rings. The number of aromatic nitrogens is 3. The van der Waals surface area contributed by atoms with Crippen molar-refractivity contribution in [2.75, 3.05) is 5.73 Å². The van der Waals surface area contributed by atoms with Gasteiger partial charge in [0.1, 0.15) is 0 Å². The lowest BCUT2D eigenvalue weighted by atomic mass is 10.2. The zero-order valence-corrected chi connectivity index (χ0v) is 12.2. The Bertz CT molecular complexity index is 531. The molecule has 4 nitrogen and oxygen atoms in total. The van der Waals surface area contributed by atoms with Crippen molar-refractivity contribution in [3.63, 3.8) is 0 Å². The van der Waals surface area contributed by atoms with E-state index in [0.717, 1.165) is 40.1 Å². The largest absolute Gasteiger partial charge is 0.396 e. The first-order valence-electron chi connectivity index (χ1n) is 6.10. The molecule has 0 aliphatic heterocycles. The predicted octanol–water partition coefficient (Wildman–Crippen LogP) is 2.80. The molecule has 0 aromatic carbocycles. The van der Waals surface area contributed by atoms with Gasteiger partial charge in [-0.3, -0.25) is 9.67 Å². The topological polar surface area (TPSA) is 56.7 Å². The number of nitrogens with two attached hydrogens (primary N) is 1. The summed E-state index contributed by atoms with van der Waals surface area (Å²) >= 11 is 3.38. The van der Waals surface area contributed by atoms with Gasteiger partial charge in [-0.1, -0.05) is 13.8 Å². The van der Waals surface area contributed by atoms with Crippen molar-refractivity contribution in [1.29, 1.82) is 0 Å². The quantitative estimate of drug-likeness (QED) is 0.945. The van der Waals surface area contributed by atoms with Gasteiger partial charge in [-0.15, -0.1) is 0 Å². The number of aryl methyl sites for hydroxylation is 1. The summed E-state index contributed by atoms with van der Waals surface area (Å²) in [5.41, 5.74) is 9.98. The van der Waals surface area contributed by atoms with Crippen LogP contribution in [0, 0.1) is 0 Å². The molecule has 2 aromatic heterocycles. The van der Waals surface area contributed by atoms with E-state index < -0.39 is 0 Å². The van der Waals surface area contributed by atoms with E-state index in [9.17, 15) is 0 Å². The Balaban J connectivity index is 2.31. The Kier molecular flexibility index (Phi) is 4.01. The van der Waals surface area contributed by atoms with Crippen molar-refractivity contribution in [1.82, 2.24) is 14.8 Å². The molecular formula is C13H17BrN4. The maximum Gasteiger partial charge on any atom is 0.0854 e. The molecule has 0 radical (unpaired) electrons. The number of rotatable bonds is 4. The zero-order chi connectivity index (χ0) is 13.1. The summed E-state index contributed by atoms with van der Waals surface area (Å²) in [5, 5.41) is 4.56. The third-order valence-electron chi connectivity index (χ3n) is 2.94. The lowest BCUT2D eigenvalue weighted by Crippen LogP contribution is -2.07. The van der Waals surface area contributed by atoms with Gasteiger partial charge in [-0.25, -0.2) is 0 Å². The number of anilines is 1. The van der Waals surface area contributed by atoms with Crippen molar-refractivity contribution >= 4 is 21.6 Å². The predicted molar refractivity (Wildman–Crippen MR) is 76.4 cm³/mol. The van der Waals surface area contributed by atoms with E-state index in [2.05, 4.69) is 39.9 Å². The third-order valence-corrected chi connectivity index (χ3v) is 3.41. The van der Waals surface area contributed by atoms with Gasteiger partial charge in [0.05, 0.1) is 29.3 Å². The van der Waals surface area contributed by atoms with Gasteiger partial charge >= 0.3 is 0 Å². The molecule has 5 heteroatoms. The fourth-order valence-electron chi connectivity index (χ4n) is 1.98. The van der Waals surface area contributed by atoms with Crippen LogP contribution in [0.3, 0.4) is 0 Å². The SMILES string of the molecule is CCc1nn(Cc2ccc(Br)cn2)c(CC)c1N. The van der Waals surface area contributed by atoms with E-state index >= 15 is 0 Å². The second kappa shape index (κ2) is 5.52. The summed E-state index contributed by atoms with van der Waals surface area (Å²) < 4.78 is 2.95. The van der Waals surface area contributed by atoms with Crippen LogP contribution in [-0.2, 0) is 19.4 Å². The molecule has 18 heavy (non-hydrogen) atoms. The van der Waals surface area contributed by atoms with Crippen LogP contribution in [0.5, 0.6) is 0 Å². The number of nitrogens with zero attached hydrogens (tertiary/aromatic N) is 3. The Morgan fingerprint density at radius 3 is 2.61 bits per heavy atom. The van der Waals surface area contributed by atoms with E-state index in [1.54, 1.807) is 6.20 Å². The van der Waals surface area contributed by atoms with Crippen molar-refractivity contribution in [2.45, 2.75) is 33.2 Å². The highest BCUT2D eigenvalue weighted by Gasteiger charge is 2.12. The van der Waals surface area contributed by atoms with Gasteiger partial charge in [-0.2, -0.15) is 5.10 Å². The summed E-state index contributed by atoms with van der Waals surface area (Å²) in [4.78, 5) is 4.37. The van der Waals surface area contributed by atoms with Crippen LogP contribution in [-0.4, -0.2) is 14.8 Å². The van der Waals surface area contributed by atoms with Crippen LogP contribution in [0.4, 0.5) is 5.69 Å². The van der Waals surface area contributed by atoms with E-state index in [4.69, 9.17) is 5.73 Å². The second-order valence-electron chi connectivity index (χ2n) is 4.14. The lowest BCUT2D eigenvalue weighted by molar-refractivity contribution is 0.630. The van der Waals surface area contributed by atoms with Gasteiger partial charge < -0.3 is 5.73 Å². The molecule has 0 bridgehead atoms. The average molecular weight is 309 g/mol. The van der Waals surface area contributed by atoms with Gasteiger partial charge in [-0.05, 0) is 40.9 Å². The van der Waals surface area contributed by atoms with Gasteiger partial charge in [0.15, 0.2) is 0 Å². The summed E-state index contributed by atoms with van der Waals surface area (Å²) in [5.74, 6) is 0. The molecule has 0 aliphatic rings. The first-order valence-corrected chi connectivity index (χ1v) is 6.89. The van der Waals surface area contributed by atoms with Crippen LogP contribution in [0.25, 0.3) is 0 Å². The smallest absolute Gasteiger partial charge is 0.0854 e. The van der Waals surface area contributed by atoms with Crippen LogP contribution in [0.2, 0.25) is 0 Å². The monoisotopic (exact) mass is 308 g/mol. The van der Waals surface area contributed by atoms with Crippen molar-refractivity contribution < 1.29 is 0 Å². The van der Waals surface area contributed by atoms with E-state index in [1.807, 2.05) is 16.8 Å². The van der Waals surface area contributed by atoms with Crippen LogP contribution < -0.4 is 5.73 Å². The highest BCUT2D eigenvalue weighted by molar-refractivity contribution is 9.10. The minimum absolute atomic E-state index is 0.667. The molecule has 2 aromatic rings. The summed E-state index contributed by atoms with van der Waals surface area (Å²) in [7, 11) is 0. The molecule has 0 amide bonds. The second-order valence-corrected chi connectivity index (χ2v) is 5.06. The minimum atomic E-state index is 0.667. The summed E-state index contributed by atoms with van der Waals surface area (Å²) in [6.07, 6.45) is 3.55. The Morgan fingerprint density at radius 1 is 1.28 bits per heavy atom. The minimum Gasteiger partial charge on any atom is -0.396 e. The van der Waals surface area contributed by atoms with E-state index in [1.165, 1.54) is 0 Å². The van der Waals surface area contributed by atoms with Crippen LogP contribution >= 0.6 is 15.9 Å². The standard InChI is InChI=1S/C13H17BrN4/c1-3-11-13(15)12(4-2)18(17-11)8-10-6-5-9(14)7-16-10/h5-7H,3-4,8,15H2,1-2H3. The first kappa shape index (κ1) is 13.1. The van der Waals surface area contributed by atoms with E-state index in [0.29, 0.717) is 6.54 Å². The number of pyridine rings is 1. The molecule has 0 aliphatic carbocycles. The van der Waals surface area contributed by atoms with Crippen LogP contribution in [0.15, 0.2) is 22.8 Å². The Labute approximate surface area is 115 Å². The zero-order valence-electron chi connectivity index (χ0n) is 10.7. The average Bonchev–Trinajstić information content (AvgIpc) is 2.68. The fourth-order valence-corrected chi connectivity index (χ4v) is 2.22. The Morgan fingerprint density at radius 2 is 2.06 bits per heavy atom. The maximum atomic E-state index is 6.09. The van der Waals surface area contributed by atoms with Crippen molar-refractivity contribution in [3.8, 4) is 0 Å². The highest BCUT2D eigenvalue weighted by Crippen LogP contribution is 2.19. The molecule has 2 heterocycles. The normalized spacial score (nSPS) is 10.8. The number of hydrogen-bond donors (Lipinski definition) is 1. The molecule has 2 N–H and O–H groups in total.